The highest BCUT2D eigenvalue weighted by Gasteiger charge is 2.40. The van der Waals surface area contributed by atoms with Gasteiger partial charge in [-0.25, -0.2) is 23.9 Å². The Morgan fingerprint density at radius 2 is 2.11 bits per heavy atom. The third-order valence-electron chi connectivity index (χ3n) is 5.78. The quantitative estimate of drug-likeness (QED) is 0.616. The largest absolute Gasteiger partial charge is 0.310 e. The normalized spacial score (nSPS) is 25.1. The standard InChI is InChI=1S/C18H22F2N6O2/c1-2-21-25-17(28)12-4-3-11(12)14-23-15-13(16(27)24-14)9-22-26(15)10-5-7-18(19,20)8-6-10/h2,9-12H,3-8H2,1H3,(H,25,28)(H,23,24,27)/b21-2-/t11-,12+/m1/s1. The van der Waals surface area contributed by atoms with E-state index >= 15 is 0 Å². The molecular weight excluding hydrogens is 370 g/mol. The highest BCUT2D eigenvalue weighted by Crippen LogP contribution is 2.42. The van der Waals surface area contributed by atoms with Crippen LogP contribution in [0, 0.1) is 5.92 Å². The molecule has 0 saturated heterocycles. The van der Waals surface area contributed by atoms with Crippen LogP contribution in [-0.2, 0) is 4.79 Å². The van der Waals surface area contributed by atoms with Crippen LogP contribution in [0.4, 0.5) is 8.78 Å². The maximum atomic E-state index is 13.5. The lowest BCUT2D eigenvalue weighted by Crippen LogP contribution is -2.39. The lowest BCUT2D eigenvalue weighted by molar-refractivity contribution is -0.128. The Bertz CT molecular complexity index is 972. The van der Waals surface area contributed by atoms with Gasteiger partial charge < -0.3 is 4.98 Å². The zero-order valence-corrected chi connectivity index (χ0v) is 15.5. The zero-order chi connectivity index (χ0) is 19.9. The van der Waals surface area contributed by atoms with Crippen molar-refractivity contribution in [3.63, 3.8) is 0 Å². The Labute approximate surface area is 159 Å². The van der Waals surface area contributed by atoms with E-state index in [0.717, 1.165) is 6.42 Å². The smallest absolute Gasteiger partial charge is 0.262 e. The lowest BCUT2D eigenvalue weighted by atomic mass is 9.72. The van der Waals surface area contributed by atoms with Crippen molar-refractivity contribution in [2.45, 2.75) is 63.3 Å². The van der Waals surface area contributed by atoms with Gasteiger partial charge in [0.05, 0.1) is 12.2 Å². The van der Waals surface area contributed by atoms with Gasteiger partial charge in [-0.2, -0.15) is 10.2 Å². The van der Waals surface area contributed by atoms with Crippen LogP contribution < -0.4 is 11.0 Å². The maximum absolute atomic E-state index is 13.5. The molecule has 2 saturated carbocycles. The van der Waals surface area contributed by atoms with Gasteiger partial charge in [0.1, 0.15) is 11.2 Å². The van der Waals surface area contributed by atoms with Crippen LogP contribution in [0.5, 0.6) is 0 Å². The number of nitrogens with zero attached hydrogens (tertiary/aromatic N) is 4. The molecule has 4 rings (SSSR count). The molecule has 8 nitrogen and oxygen atoms in total. The molecule has 0 aliphatic heterocycles. The van der Waals surface area contributed by atoms with Gasteiger partial charge in [-0.15, -0.1) is 0 Å². The molecule has 2 heterocycles. The minimum atomic E-state index is -2.64. The van der Waals surface area contributed by atoms with Gasteiger partial charge >= 0.3 is 0 Å². The van der Waals surface area contributed by atoms with Crippen molar-refractivity contribution < 1.29 is 13.6 Å². The SMILES string of the molecule is C/C=N\NC(=O)[C@H]1CC[C@H]1c1nc2c(cnn2C2CCC(F)(F)CC2)c(=O)[nH]1. The van der Waals surface area contributed by atoms with Crippen molar-refractivity contribution in [2.75, 3.05) is 0 Å². The molecule has 2 aliphatic carbocycles. The number of amides is 1. The van der Waals surface area contributed by atoms with Crippen molar-refractivity contribution in [1.82, 2.24) is 25.2 Å². The average molecular weight is 392 g/mol. The Balaban J connectivity index is 1.63. The number of H-pyrrole nitrogens is 1. The molecular formula is C18H22F2N6O2. The van der Waals surface area contributed by atoms with Gasteiger partial charge in [0.25, 0.3) is 5.56 Å². The molecule has 0 bridgehead atoms. The van der Waals surface area contributed by atoms with E-state index in [2.05, 4.69) is 25.6 Å². The van der Waals surface area contributed by atoms with E-state index in [-0.39, 0.29) is 55.0 Å². The first-order valence-electron chi connectivity index (χ1n) is 9.52. The predicted octanol–water partition coefficient (Wildman–Crippen LogP) is 2.49. The van der Waals surface area contributed by atoms with Gasteiger partial charge in [-0.05, 0) is 32.6 Å². The molecule has 2 atom stereocenters. The molecule has 1 amide bonds. The van der Waals surface area contributed by atoms with Gasteiger partial charge in [-0.3, -0.25) is 9.59 Å². The number of hydrazone groups is 1. The summed E-state index contributed by atoms with van der Waals surface area (Å²) in [6.45, 7) is 1.70. The van der Waals surface area contributed by atoms with E-state index in [9.17, 15) is 18.4 Å². The summed E-state index contributed by atoms with van der Waals surface area (Å²) in [6, 6.07) is -0.210. The molecule has 150 valence electrons. The minimum Gasteiger partial charge on any atom is -0.310 e. The fraction of sp³-hybridized carbons (Fsp3) is 0.611. The summed E-state index contributed by atoms with van der Waals surface area (Å²) in [5.74, 6) is -2.92. The second-order valence-corrected chi connectivity index (χ2v) is 7.52. The van der Waals surface area contributed by atoms with Crippen LogP contribution in [0.2, 0.25) is 0 Å². The summed E-state index contributed by atoms with van der Waals surface area (Å²) >= 11 is 0. The highest BCUT2D eigenvalue weighted by atomic mass is 19.3. The number of aromatic amines is 1. The first kappa shape index (κ1) is 18.7. The number of alkyl halides is 2. The molecule has 0 aromatic carbocycles. The Morgan fingerprint density at radius 3 is 2.75 bits per heavy atom. The molecule has 2 aromatic heterocycles. The average Bonchev–Trinajstić information content (AvgIpc) is 3.03. The molecule has 28 heavy (non-hydrogen) atoms. The topological polar surface area (TPSA) is 105 Å². The Kier molecular flexibility index (Phi) is 4.72. The Morgan fingerprint density at radius 1 is 1.36 bits per heavy atom. The summed E-state index contributed by atoms with van der Waals surface area (Å²) in [4.78, 5) is 32.1. The lowest BCUT2D eigenvalue weighted by Gasteiger charge is -2.34. The van der Waals surface area contributed by atoms with Crippen molar-refractivity contribution in [1.29, 1.82) is 0 Å². The summed E-state index contributed by atoms with van der Waals surface area (Å²) in [5.41, 5.74) is 2.54. The molecule has 0 radical (unpaired) electrons. The van der Waals surface area contributed by atoms with Crippen LogP contribution in [0.3, 0.4) is 0 Å². The predicted molar refractivity (Wildman–Crippen MR) is 98.4 cm³/mol. The second-order valence-electron chi connectivity index (χ2n) is 7.52. The van der Waals surface area contributed by atoms with Crippen LogP contribution in [0.1, 0.15) is 63.2 Å². The monoisotopic (exact) mass is 392 g/mol. The molecule has 2 fully saturated rings. The van der Waals surface area contributed by atoms with E-state index in [1.165, 1.54) is 12.4 Å². The fourth-order valence-corrected chi connectivity index (χ4v) is 4.02. The molecule has 0 spiro atoms. The summed E-state index contributed by atoms with van der Waals surface area (Å²) in [5, 5.41) is 8.34. The number of fused-ring (bicyclic) bond motifs is 1. The highest BCUT2D eigenvalue weighted by molar-refractivity contribution is 5.81. The van der Waals surface area contributed by atoms with Gasteiger partial charge in [-0.1, -0.05) is 0 Å². The van der Waals surface area contributed by atoms with Crippen molar-refractivity contribution in [3.05, 3.63) is 22.4 Å². The van der Waals surface area contributed by atoms with Crippen LogP contribution >= 0.6 is 0 Å². The number of aromatic nitrogens is 4. The number of rotatable bonds is 4. The second kappa shape index (κ2) is 7.06. The Hall–Kier alpha value is -2.65. The molecule has 0 unspecified atom stereocenters. The van der Waals surface area contributed by atoms with E-state index in [4.69, 9.17) is 0 Å². The van der Waals surface area contributed by atoms with Gasteiger partial charge in [0.2, 0.25) is 11.8 Å². The minimum absolute atomic E-state index is 0.197. The maximum Gasteiger partial charge on any atom is 0.262 e. The van der Waals surface area contributed by atoms with Crippen LogP contribution in [0.25, 0.3) is 11.0 Å². The number of hydrogen-bond donors (Lipinski definition) is 2. The van der Waals surface area contributed by atoms with Crippen molar-refractivity contribution in [2.24, 2.45) is 11.0 Å². The fourth-order valence-electron chi connectivity index (χ4n) is 4.02. The van der Waals surface area contributed by atoms with E-state index in [0.29, 0.717) is 23.3 Å². The third kappa shape index (κ3) is 3.31. The number of carbonyl (C=O) groups is 1. The summed E-state index contributed by atoms with van der Waals surface area (Å²) in [7, 11) is 0. The molecule has 2 aromatic rings. The van der Waals surface area contributed by atoms with Gasteiger partial charge in [0.15, 0.2) is 5.65 Å². The molecule has 2 aliphatic rings. The van der Waals surface area contributed by atoms with Crippen LogP contribution in [0.15, 0.2) is 16.1 Å². The number of nitrogens with one attached hydrogen (secondary N) is 2. The first-order chi connectivity index (χ1) is 13.4. The van der Waals surface area contributed by atoms with Crippen molar-refractivity contribution >= 4 is 23.2 Å². The summed E-state index contributed by atoms with van der Waals surface area (Å²) in [6.07, 6.45) is 4.52. The first-order valence-corrected chi connectivity index (χ1v) is 9.52. The summed E-state index contributed by atoms with van der Waals surface area (Å²) < 4.78 is 28.6. The molecule has 2 N–H and O–H groups in total. The van der Waals surface area contributed by atoms with Crippen LogP contribution in [-0.4, -0.2) is 37.8 Å². The number of hydrogen-bond acceptors (Lipinski definition) is 5. The van der Waals surface area contributed by atoms with Crippen molar-refractivity contribution in [3.8, 4) is 0 Å². The van der Waals surface area contributed by atoms with E-state index in [1.54, 1.807) is 11.6 Å². The molecule has 10 heteroatoms. The number of carbonyl (C=O) groups excluding carboxylic acids is 1. The van der Waals surface area contributed by atoms with Gasteiger partial charge in [0, 0.05) is 30.9 Å². The van der Waals surface area contributed by atoms with E-state index < -0.39 is 5.92 Å². The zero-order valence-electron chi connectivity index (χ0n) is 15.5. The third-order valence-corrected chi connectivity index (χ3v) is 5.78. The number of halogens is 2. The van der Waals surface area contributed by atoms with E-state index in [1.807, 2.05) is 0 Å².